The summed E-state index contributed by atoms with van der Waals surface area (Å²) in [4.78, 5) is 17.5. The van der Waals surface area contributed by atoms with Crippen LogP contribution >= 0.6 is 0 Å². The predicted octanol–water partition coefficient (Wildman–Crippen LogP) is 1.33. The number of carbonyl (C=O) groups excluding carboxylic acids is 1. The van der Waals surface area contributed by atoms with E-state index in [1.54, 1.807) is 9.80 Å². The van der Waals surface area contributed by atoms with Gasteiger partial charge in [0.15, 0.2) is 0 Å². The molecule has 2 amide bonds. The first-order valence-corrected chi connectivity index (χ1v) is 5.30. The quantitative estimate of drug-likeness (QED) is 0.710. The predicted molar refractivity (Wildman–Crippen MR) is 64.1 cm³/mol. The Morgan fingerprint density at radius 3 is 1.80 bits per heavy atom. The Morgan fingerprint density at radius 2 is 1.47 bits per heavy atom. The van der Waals surface area contributed by atoms with Crippen LogP contribution in [-0.2, 0) is 0 Å². The SMILES string of the molecule is CN(C)CCN(C)C(=O)N(C)C(C)(C)C. The fourth-order valence-electron chi connectivity index (χ4n) is 0.989. The molecule has 0 aromatic heterocycles. The largest absolute Gasteiger partial charge is 0.326 e. The van der Waals surface area contributed by atoms with E-state index in [0.717, 1.165) is 13.1 Å². The topological polar surface area (TPSA) is 26.8 Å². The van der Waals surface area contributed by atoms with Crippen LogP contribution in [0.15, 0.2) is 0 Å². The van der Waals surface area contributed by atoms with Crippen molar-refractivity contribution in [3.63, 3.8) is 0 Å². The van der Waals surface area contributed by atoms with Crippen molar-refractivity contribution in [1.29, 1.82) is 0 Å². The standard InChI is InChI=1S/C11H25N3O/c1-11(2,3)14(7)10(15)13(6)9-8-12(4)5/h8-9H2,1-7H3. The van der Waals surface area contributed by atoms with E-state index in [1.165, 1.54) is 0 Å². The second-order valence-corrected chi connectivity index (χ2v) is 5.24. The van der Waals surface area contributed by atoms with E-state index >= 15 is 0 Å². The van der Waals surface area contributed by atoms with Gasteiger partial charge in [-0.15, -0.1) is 0 Å². The molecule has 15 heavy (non-hydrogen) atoms. The smallest absolute Gasteiger partial charge is 0.319 e. The highest BCUT2D eigenvalue weighted by molar-refractivity contribution is 5.74. The van der Waals surface area contributed by atoms with Gasteiger partial charge in [-0.25, -0.2) is 4.79 Å². The van der Waals surface area contributed by atoms with Crippen LogP contribution < -0.4 is 0 Å². The molecule has 0 spiro atoms. The highest BCUT2D eigenvalue weighted by atomic mass is 16.2. The molecule has 4 nitrogen and oxygen atoms in total. The lowest BCUT2D eigenvalue weighted by Crippen LogP contribution is -2.49. The van der Waals surface area contributed by atoms with Gasteiger partial charge in [-0.05, 0) is 34.9 Å². The maximum absolute atomic E-state index is 11.9. The lowest BCUT2D eigenvalue weighted by molar-refractivity contribution is 0.132. The molecule has 4 heteroatoms. The fourth-order valence-corrected chi connectivity index (χ4v) is 0.989. The number of rotatable bonds is 3. The monoisotopic (exact) mass is 215 g/mol. The normalized spacial score (nSPS) is 11.7. The van der Waals surface area contributed by atoms with Crippen molar-refractivity contribution in [3.8, 4) is 0 Å². The van der Waals surface area contributed by atoms with Gasteiger partial charge in [0.25, 0.3) is 0 Å². The van der Waals surface area contributed by atoms with Crippen LogP contribution in [0.3, 0.4) is 0 Å². The molecule has 0 atom stereocenters. The maximum Gasteiger partial charge on any atom is 0.319 e. The second kappa shape index (κ2) is 5.35. The first-order valence-electron chi connectivity index (χ1n) is 5.30. The average Bonchev–Trinajstić information content (AvgIpc) is 2.10. The molecule has 0 radical (unpaired) electrons. The summed E-state index contributed by atoms with van der Waals surface area (Å²) in [6.07, 6.45) is 0. The van der Waals surface area contributed by atoms with Gasteiger partial charge >= 0.3 is 6.03 Å². The van der Waals surface area contributed by atoms with Gasteiger partial charge < -0.3 is 14.7 Å². The zero-order chi connectivity index (χ0) is 12.2. The molecule has 0 N–H and O–H groups in total. The van der Waals surface area contributed by atoms with Gasteiger partial charge in [0, 0.05) is 32.7 Å². The Kier molecular flexibility index (Phi) is 5.08. The number of carbonyl (C=O) groups is 1. The maximum atomic E-state index is 11.9. The molecule has 0 heterocycles. The number of urea groups is 1. The summed E-state index contributed by atoms with van der Waals surface area (Å²) in [5, 5.41) is 0. The summed E-state index contributed by atoms with van der Waals surface area (Å²) in [5.74, 6) is 0. The van der Waals surface area contributed by atoms with Crippen molar-refractivity contribution in [2.75, 3.05) is 41.3 Å². The third kappa shape index (κ3) is 5.02. The van der Waals surface area contributed by atoms with Gasteiger partial charge in [0.05, 0.1) is 0 Å². The van der Waals surface area contributed by atoms with E-state index in [4.69, 9.17) is 0 Å². The lowest BCUT2D eigenvalue weighted by atomic mass is 10.1. The summed E-state index contributed by atoms with van der Waals surface area (Å²) >= 11 is 0. The number of hydrogen-bond acceptors (Lipinski definition) is 2. The zero-order valence-electron chi connectivity index (χ0n) is 11.2. The van der Waals surface area contributed by atoms with E-state index < -0.39 is 0 Å². The number of nitrogens with zero attached hydrogens (tertiary/aromatic N) is 3. The molecule has 0 bridgehead atoms. The average molecular weight is 215 g/mol. The van der Waals surface area contributed by atoms with Crippen LogP contribution in [0.5, 0.6) is 0 Å². The minimum absolute atomic E-state index is 0.0735. The van der Waals surface area contributed by atoms with Gasteiger partial charge in [0.2, 0.25) is 0 Å². The molecule has 0 aliphatic rings. The fraction of sp³-hybridized carbons (Fsp3) is 0.909. The van der Waals surface area contributed by atoms with Gasteiger partial charge in [0.1, 0.15) is 0 Å². The Balaban J connectivity index is 4.20. The molecule has 0 aliphatic heterocycles. The third-order valence-electron chi connectivity index (χ3n) is 2.50. The van der Waals surface area contributed by atoms with Crippen molar-refractivity contribution in [1.82, 2.24) is 14.7 Å². The Bertz CT molecular complexity index is 208. The number of hydrogen-bond donors (Lipinski definition) is 0. The first kappa shape index (κ1) is 14.2. The van der Waals surface area contributed by atoms with Crippen molar-refractivity contribution in [2.45, 2.75) is 26.3 Å². The van der Waals surface area contributed by atoms with E-state index in [0.29, 0.717) is 0 Å². The van der Waals surface area contributed by atoms with Gasteiger partial charge in [-0.1, -0.05) is 0 Å². The summed E-state index contributed by atoms with van der Waals surface area (Å²) in [6, 6.07) is 0.0735. The van der Waals surface area contributed by atoms with Crippen molar-refractivity contribution < 1.29 is 4.79 Å². The molecule has 0 unspecified atom stereocenters. The molecule has 0 saturated carbocycles. The van der Waals surface area contributed by atoms with Crippen LogP contribution in [0.1, 0.15) is 20.8 Å². The highest BCUT2D eigenvalue weighted by Gasteiger charge is 2.24. The van der Waals surface area contributed by atoms with E-state index in [2.05, 4.69) is 4.90 Å². The summed E-state index contributed by atoms with van der Waals surface area (Å²) in [7, 11) is 7.69. The molecule has 0 fully saturated rings. The van der Waals surface area contributed by atoms with Gasteiger partial charge in [-0.2, -0.15) is 0 Å². The minimum Gasteiger partial charge on any atom is -0.326 e. The van der Waals surface area contributed by atoms with Crippen LogP contribution in [0, 0.1) is 0 Å². The van der Waals surface area contributed by atoms with Crippen molar-refractivity contribution in [2.24, 2.45) is 0 Å². The Morgan fingerprint density at radius 1 is 1.00 bits per heavy atom. The molecular formula is C11H25N3O. The van der Waals surface area contributed by atoms with Crippen molar-refractivity contribution >= 4 is 6.03 Å². The summed E-state index contributed by atoms with van der Waals surface area (Å²) < 4.78 is 0. The van der Waals surface area contributed by atoms with Crippen LogP contribution in [0.25, 0.3) is 0 Å². The zero-order valence-corrected chi connectivity index (χ0v) is 11.2. The number of likely N-dealkylation sites (N-methyl/N-ethyl adjacent to an activating group) is 2. The van der Waals surface area contributed by atoms with E-state index in [1.807, 2.05) is 49.0 Å². The van der Waals surface area contributed by atoms with Crippen molar-refractivity contribution in [3.05, 3.63) is 0 Å². The molecular weight excluding hydrogens is 190 g/mol. The third-order valence-corrected chi connectivity index (χ3v) is 2.50. The lowest BCUT2D eigenvalue weighted by Gasteiger charge is -2.35. The van der Waals surface area contributed by atoms with Gasteiger partial charge in [-0.3, -0.25) is 0 Å². The Hall–Kier alpha value is -0.770. The highest BCUT2D eigenvalue weighted by Crippen LogP contribution is 2.12. The first-order chi connectivity index (χ1) is 6.66. The summed E-state index contributed by atoms with van der Waals surface area (Å²) in [6.45, 7) is 7.74. The minimum atomic E-state index is -0.122. The molecule has 0 saturated heterocycles. The van der Waals surface area contributed by atoms with E-state index in [-0.39, 0.29) is 11.6 Å². The molecule has 90 valence electrons. The summed E-state index contributed by atoms with van der Waals surface area (Å²) in [5.41, 5.74) is -0.122. The molecule has 0 aromatic carbocycles. The molecule has 0 aromatic rings. The van der Waals surface area contributed by atoms with E-state index in [9.17, 15) is 4.79 Å². The second-order valence-electron chi connectivity index (χ2n) is 5.24. The van der Waals surface area contributed by atoms with Crippen LogP contribution in [0.4, 0.5) is 4.79 Å². The molecule has 0 aliphatic carbocycles. The number of amides is 2. The molecule has 0 rings (SSSR count). The Labute approximate surface area is 93.8 Å². The van der Waals surface area contributed by atoms with Crippen LogP contribution in [-0.4, -0.2) is 67.5 Å². The van der Waals surface area contributed by atoms with Crippen LogP contribution in [0.2, 0.25) is 0 Å².